The van der Waals surface area contributed by atoms with Gasteiger partial charge in [-0.1, -0.05) is 30.3 Å². The lowest BCUT2D eigenvalue weighted by Gasteiger charge is -2.09. The van der Waals surface area contributed by atoms with E-state index < -0.39 is 15.9 Å². The van der Waals surface area contributed by atoms with Crippen molar-refractivity contribution in [1.29, 1.82) is 0 Å². The minimum Gasteiger partial charge on any atom is -0.444 e. The van der Waals surface area contributed by atoms with Gasteiger partial charge in [0.05, 0.1) is 10.6 Å². The predicted molar refractivity (Wildman–Crippen MR) is 110 cm³/mol. The average molecular weight is 462 g/mol. The van der Waals surface area contributed by atoms with Gasteiger partial charge in [0.25, 0.3) is 10.0 Å². The first kappa shape index (κ1) is 19.8. The summed E-state index contributed by atoms with van der Waals surface area (Å²) in [6, 6.07) is 17.9. The number of carbonyl (C=O) groups is 1. The van der Waals surface area contributed by atoms with Crippen LogP contribution >= 0.6 is 15.9 Å². The van der Waals surface area contributed by atoms with Crippen molar-refractivity contribution >= 4 is 43.3 Å². The first-order chi connectivity index (χ1) is 13.3. The second-order valence-corrected chi connectivity index (χ2v) is 8.21. The monoisotopic (exact) mass is 461 g/mol. The van der Waals surface area contributed by atoms with Gasteiger partial charge in [-0.15, -0.1) is 0 Å². The molecule has 0 aliphatic heterocycles. The fourth-order valence-corrected chi connectivity index (χ4v) is 3.69. The number of amides is 1. The highest BCUT2D eigenvalue weighted by molar-refractivity contribution is 9.10. The zero-order chi connectivity index (χ0) is 20.1. The molecule has 2 N–H and O–H groups in total. The molecule has 0 atom stereocenters. The minimum absolute atomic E-state index is 0.118. The van der Waals surface area contributed by atoms with Gasteiger partial charge < -0.3 is 4.42 Å². The molecule has 1 heterocycles. The maximum atomic E-state index is 12.4. The van der Waals surface area contributed by atoms with Crippen LogP contribution in [0.5, 0.6) is 0 Å². The number of anilines is 1. The fourth-order valence-electron chi connectivity index (χ4n) is 2.31. The normalized spacial score (nSPS) is 11.9. The van der Waals surface area contributed by atoms with E-state index in [0.717, 1.165) is 0 Å². The Kier molecular flexibility index (Phi) is 5.96. The highest BCUT2D eigenvalue weighted by atomic mass is 79.9. The van der Waals surface area contributed by atoms with Crippen molar-refractivity contribution in [1.82, 2.24) is 5.43 Å². The van der Waals surface area contributed by atoms with Gasteiger partial charge in [0.2, 0.25) is 0 Å². The number of carbonyl (C=O) groups excluding carboxylic acids is 1. The third-order valence-corrected chi connectivity index (χ3v) is 5.53. The van der Waals surface area contributed by atoms with Crippen LogP contribution in [0.3, 0.4) is 0 Å². The topological polar surface area (TPSA) is 101 Å². The summed E-state index contributed by atoms with van der Waals surface area (Å²) < 4.78 is 33.0. The third-order valence-electron chi connectivity index (χ3n) is 3.71. The molecule has 3 rings (SSSR count). The van der Waals surface area contributed by atoms with Crippen molar-refractivity contribution in [2.75, 3.05) is 4.72 Å². The van der Waals surface area contributed by atoms with Crippen molar-refractivity contribution < 1.29 is 17.6 Å². The molecule has 0 bridgehead atoms. The number of benzene rings is 2. The molecule has 0 saturated carbocycles. The molecule has 0 radical (unpaired) electrons. The molecule has 1 amide bonds. The fraction of sp³-hybridized carbons (Fsp3) is 0.0526. The van der Waals surface area contributed by atoms with Gasteiger partial charge in [0.15, 0.2) is 10.4 Å². The summed E-state index contributed by atoms with van der Waals surface area (Å²) in [5, 5.41) is 4.04. The van der Waals surface area contributed by atoms with Gasteiger partial charge in [-0.2, -0.15) is 5.10 Å². The molecule has 0 unspecified atom stereocenters. The zero-order valence-electron chi connectivity index (χ0n) is 14.7. The number of rotatable bonds is 6. The van der Waals surface area contributed by atoms with E-state index in [2.05, 4.69) is 31.2 Å². The van der Waals surface area contributed by atoms with Crippen LogP contribution in [0.1, 0.15) is 23.0 Å². The molecule has 3 aromatic rings. The second kappa shape index (κ2) is 8.41. The Bertz CT molecular complexity index is 1120. The Morgan fingerprint density at radius 2 is 1.79 bits per heavy atom. The second-order valence-electron chi connectivity index (χ2n) is 5.74. The van der Waals surface area contributed by atoms with Gasteiger partial charge in [0, 0.05) is 5.69 Å². The molecule has 0 aliphatic rings. The van der Waals surface area contributed by atoms with Crippen molar-refractivity contribution in [2.45, 2.75) is 11.8 Å². The first-order valence-electron chi connectivity index (χ1n) is 8.13. The number of hydrazone groups is 1. The maximum absolute atomic E-state index is 12.4. The summed E-state index contributed by atoms with van der Waals surface area (Å²) in [5.41, 5.74) is 3.93. The summed E-state index contributed by atoms with van der Waals surface area (Å²) >= 11 is 3.13. The zero-order valence-corrected chi connectivity index (χ0v) is 17.1. The molecule has 144 valence electrons. The van der Waals surface area contributed by atoms with Gasteiger partial charge in [-0.25, -0.2) is 13.8 Å². The standard InChI is InChI=1S/C19H16BrN3O4S/c1-13(21-22-19(24)17-10-11-18(20)27-17)14-6-5-7-15(12-14)23-28(25,26)16-8-3-2-4-9-16/h2-12,23H,1H3,(H,22,24)/b21-13+. The number of nitrogens with zero attached hydrogens (tertiary/aromatic N) is 1. The van der Waals surface area contributed by atoms with Gasteiger partial charge in [0.1, 0.15) is 0 Å². The van der Waals surface area contributed by atoms with E-state index in [1.807, 2.05) is 0 Å². The molecular weight excluding hydrogens is 446 g/mol. The van der Waals surface area contributed by atoms with E-state index in [0.29, 0.717) is 21.6 Å². The van der Waals surface area contributed by atoms with E-state index in [9.17, 15) is 13.2 Å². The lowest BCUT2D eigenvalue weighted by atomic mass is 10.1. The summed E-state index contributed by atoms with van der Waals surface area (Å²) in [6.07, 6.45) is 0. The van der Waals surface area contributed by atoms with E-state index >= 15 is 0 Å². The smallest absolute Gasteiger partial charge is 0.307 e. The van der Waals surface area contributed by atoms with Gasteiger partial charge in [-0.3, -0.25) is 9.52 Å². The van der Waals surface area contributed by atoms with E-state index in [-0.39, 0.29) is 10.7 Å². The molecule has 0 spiro atoms. The number of sulfonamides is 1. The molecule has 2 aromatic carbocycles. The highest BCUT2D eigenvalue weighted by Gasteiger charge is 2.14. The number of hydrogen-bond acceptors (Lipinski definition) is 5. The number of hydrogen-bond donors (Lipinski definition) is 2. The van der Waals surface area contributed by atoms with Crippen LogP contribution in [0.4, 0.5) is 5.69 Å². The number of nitrogens with one attached hydrogen (secondary N) is 2. The number of halogens is 1. The first-order valence-corrected chi connectivity index (χ1v) is 10.4. The quantitative estimate of drug-likeness (QED) is 0.427. The summed E-state index contributed by atoms with van der Waals surface area (Å²) in [4.78, 5) is 12.1. The van der Waals surface area contributed by atoms with Crippen LogP contribution in [0, 0.1) is 0 Å². The molecule has 0 fully saturated rings. The Balaban J connectivity index is 1.74. The molecule has 28 heavy (non-hydrogen) atoms. The van der Waals surface area contributed by atoms with Crippen LogP contribution in [0.25, 0.3) is 0 Å². The third kappa shape index (κ3) is 4.87. The molecule has 1 aromatic heterocycles. The summed E-state index contributed by atoms with van der Waals surface area (Å²) in [7, 11) is -3.69. The highest BCUT2D eigenvalue weighted by Crippen LogP contribution is 2.18. The predicted octanol–water partition coefficient (Wildman–Crippen LogP) is 4.00. The molecule has 9 heteroatoms. The van der Waals surface area contributed by atoms with E-state index in [1.54, 1.807) is 55.5 Å². The Labute approximate surface area is 170 Å². The molecule has 0 aliphatic carbocycles. The van der Waals surface area contributed by atoms with E-state index in [4.69, 9.17) is 4.42 Å². The maximum Gasteiger partial charge on any atom is 0.307 e. The van der Waals surface area contributed by atoms with Gasteiger partial charge >= 0.3 is 5.91 Å². The van der Waals surface area contributed by atoms with Crippen molar-refractivity contribution in [3.8, 4) is 0 Å². The Morgan fingerprint density at radius 1 is 1.04 bits per heavy atom. The van der Waals surface area contributed by atoms with Crippen LogP contribution in [-0.4, -0.2) is 20.0 Å². The van der Waals surface area contributed by atoms with Crippen molar-refractivity contribution in [2.24, 2.45) is 5.10 Å². The Hall–Kier alpha value is -2.91. The van der Waals surface area contributed by atoms with Crippen molar-refractivity contribution in [3.05, 3.63) is 82.7 Å². The SMILES string of the molecule is C/C(=N\NC(=O)c1ccc(Br)o1)c1cccc(NS(=O)(=O)c2ccccc2)c1. The van der Waals surface area contributed by atoms with Crippen LogP contribution in [0.15, 0.2) is 85.8 Å². The minimum atomic E-state index is -3.69. The van der Waals surface area contributed by atoms with Gasteiger partial charge in [-0.05, 0) is 64.8 Å². The summed E-state index contributed by atoms with van der Waals surface area (Å²) in [5.74, 6) is -0.376. The van der Waals surface area contributed by atoms with E-state index in [1.165, 1.54) is 18.2 Å². The lowest BCUT2D eigenvalue weighted by molar-refractivity contribution is 0.0926. The summed E-state index contributed by atoms with van der Waals surface area (Å²) in [6.45, 7) is 1.70. The lowest BCUT2D eigenvalue weighted by Crippen LogP contribution is -2.18. The average Bonchev–Trinajstić information content (AvgIpc) is 3.13. The van der Waals surface area contributed by atoms with Crippen LogP contribution in [0.2, 0.25) is 0 Å². The molecule has 7 nitrogen and oxygen atoms in total. The Morgan fingerprint density at radius 3 is 2.46 bits per heavy atom. The molecular formula is C19H16BrN3O4S. The van der Waals surface area contributed by atoms with Crippen molar-refractivity contribution in [3.63, 3.8) is 0 Å². The largest absolute Gasteiger partial charge is 0.444 e. The number of furan rings is 1. The van der Waals surface area contributed by atoms with Crippen LogP contribution in [-0.2, 0) is 10.0 Å². The molecule has 0 saturated heterocycles. The van der Waals surface area contributed by atoms with Crippen LogP contribution < -0.4 is 10.1 Å².